The zero-order chi connectivity index (χ0) is 9.10. The van der Waals surface area contributed by atoms with Crippen LogP contribution < -0.4 is 5.73 Å². The highest BCUT2D eigenvalue weighted by Gasteiger charge is 2.03. The number of aromatic nitrogens is 4. The summed E-state index contributed by atoms with van der Waals surface area (Å²) in [5.41, 5.74) is 8.26. The topological polar surface area (TPSA) is 83.4 Å². The molecule has 2 aromatic rings. The molecule has 2 rings (SSSR count). The van der Waals surface area contributed by atoms with Crippen LogP contribution in [0.4, 0.5) is 0 Å². The van der Waals surface area contributed by atoms with Crippen molar-refractivity contribution in [3.05, 3.63) is 24.0 Å². The lowest BCUT2D eigenvalue weighted by Crippen LogP contribution is -2.02. The van der Waals surface area contributed by atoms with Gasteiger partial charge in [0.05, 0.1) is 5.69 Å². The van der Waals surface area contributed by atoms with E-state index < -0.39 is 0 Å². The van der Waals surface area contributed by atoms with E-state index in [9.17, 15) is 0 Å². The first-order valence-electron chi connectivity index (χ1n) is 4.14. The summed E-state index contributed by atoms with van der Waals surface area (Å²) in [5, 5.41) is 13.7. The van der Waals surface area contributed by atoms with Crippen LogP contribution in [-0.4, -0.2) is 26.9 Å². The van der Waals surface area contributed by atoms with Crippen molar-refractivity contribution in [3.63, 3.8) is 0 Å². The summed E-state index contributed by atoms with van der Waals surface area (Å²) in [7, 11) is 0. The fraction of sp³-hybridized carbons (Fsp3) is 0.250. The molecule has 2 aromatic heterocycles. The second kappa shape index (κ2) is 3.40. The molecule has 4 N–H and O–H groups in total. The molecule has 0 amide bonds. The van der Waals surface area contributed by atoms with Crippen molar-refractivity contribution in [1.29, 1.82) is 0 Å². The van der Waals surface area contributed by atoms with E-state index in [0.29, 0.717) is 6.54 Å². The van der Waals surface area contributed by atoms with Gasteiger partial charge in [0.15, 0.2) is 0 Å². The van der Waals surface area contributed by atoms with Gasteiger partial charge in [-0.3, -0.25) is 10.2 Å². The Labute approximate surface area is 75.4 Å². The molecular weight excluding hydrogens is 166 g/mol. The van der Waals surface area contributed by atoms with Crippen molar-refractivity contribution in [2.45, 2.75) is 6.42 Å². The molecule has 0 saturated heterocycles. The van der Waals surface area contributed by atoms with E-state index in [-0.39, 0.29) is 0 Å². The molecule has 0 atom stereocenters. The summed E-state index contributed by atoms with van der Waals surface area (Å²) in [5.74, 6) is 0. The highest BCUT2D eigenvalue weighted by atomic mass is 15.2. The van der Waals surface area contributed by atoms with Crippen molar-refractivity contribution in [3.8, 4) is 11.4 Å². The lowest BCUT2D eigenvalue weighted by Gasteiger charge is -1.87. The van der Waals surface area contributed by atoms with Gasteiger partial charge in [-0.15, -0.1) is 0 Å². The molecule has 0 aromatic carbocycles. The normalized spacial score (nSPS) is 10.5. The number of rotatable bonds is 3. The molecule has 13 heavy (non-hydrogen) atoms. The molecule has 2 heterocycles. The Morgan fingerprint density at radius 2 is 2.31 bits per heavy atom. The van der Waals surface area contributed by atoms with E-state index in [1.807, 2.05) is 12.1 Å². The standard InChI is InChI=1S/C8H11N5/c9-3-1-6-5-8(13-11-6)7-2-4-10-12-7/h2,4-5H,1,3,9H2,(H,10,12)(H,11,13). The molecule has 0 radical (unpaired) electrons. The van der Waals surface area contributed by atoms with Gasteiger partial charge in [-0.05, 0) is 18.7 Å². The molecule has 0 aliphatic carbocycles. The molecule has 68 valence electrons. The van der Waals surface area contributed by atoms with Gasteiger partial charge in [0, 0.05) is 18.3 Å². The Balaban J connectivity index is 2.23. The molecule has 0 bridgehead atoms. The molecule has 5 heteroatoms. The first kappa shape index (κ1) is 8.00. The Morgan fingerprint density at radius 3 is 3.00 bits per heavy atom. The third-order valence-electron chi connectivity index (χ3n) is 1.82. The third-order valence-corrected chi connectivity index (χ3v) is 1.82. The molecular formula is C8H11N5. The SMILES string of the molecule is NCCc1cc(-c2ccn[nH]2)n[nH]1. The quantitative estimate of drug-likeness (QED) is 0.630. The van der Waals surface area contributed by atoms with Gasteiger partial charge in [0.1, 0.15) is 5.69 Å². The zero-order valence-corrected chi connectivity index (χ0v) is 7.12. The van der Waals surface area contributed by atoms with Crippen LogP contribution in [0, 0.1) is 0 Å². The van der Waals surface area contributed by atoms with Gasteiger partial charge in [-0.2, -0.15) is 10.2 Å². The molecule has 0 unspecified atom stereocenters. The Hall–Kier alpha value is -1.62. The summed E-state index contributed by atoms with van der Waals surface area (Å²) in [6.45, 7) is 0.630. The van der Waals surface area contributed by atoms with Crippen LogP contribution in [0.2, 0.25) is 0 Å². The van der Waals surface area contributed by atoms with Crippen molar-refractivity contribution in [1.82, 2.24) is 20.4 Å². The van der Waals surface area contributed by atoms with E-state index >= 15 is 0 Å². The predicted molar refractivity (Wildman–Crippen MR) is 48.9 cm³/mol. The van der Waals surface area contributed by atoms with Crippen LogP contribution in [0.1, 0.15) is 5.69 Å². The van der Waals surface area contributed by atoms with Crippen LogP contribution in [0.5, 0.6) is 0 Å². The van der Waals surface area contributed by atoms with E-state index in [1.54, 1.807) is 6.20 Å². The maximum atomic E-state index is 5.42. The number of nitrogens with two attached hydrogens (primary N) is 1. The number of H-pyrrole nitrogens is 2. The van der Waals surface area contributed by atoms with Gasteiger partial charge >= 0.3 is 0 Å². The highest BCUT2D eigenvalue weighted by Crippen LogP contribution is 2.13. The molecule has 0 saturated carbocycles. The largest absolute Gasteiger partial charge is 0.330 e. The smallest absolute Gasteiger partial charge is 0.110 e. The Kier molecular flexibility index (Phi) is 2.09. The fourth-order valence-electron chi connectivity index (χ4n) is 1.18. The minimum atomic E-state index is 0.630. The minimum Gasteiger partial charge on any atom is -0.330 e. The van der Waals surface area contributed by atoms with E-state index in [0.717, 1.165) is 23.5 Å². The Morgan fingerprint density at radius 1 is 1.38 bits per heavy atom. The molecule has 0 spiro atoms. The molecule has 5 nitrogen and oxygen atoms in total. The van der Waals surface area contributed by atoms with Crippen LogP contribution in [0.25, 0.3) is 11.4 Å². The lowest BCUT2D eigenvalue weighted by molar-refractivity contribution is 0.901. The van der Waals surface area contributed by atoms with Crippen molar-refractivity contribution >= 4 is 0 Å². The van der Waals surface area contributed by atoms with Crippen LogP contribution in [0.15, 0.2) is 18.3 Å². The highest BCUT2D eigenvalue weighted by molar-refractivity contribution is 5.53. The maximum Gasteiger partial charge on any atom is 0.110 e. The van der Waals surface area contributed by atoms with Gasteiger partial charge in [0.25, 0.3) is 0 Å². The van der Waals surface area contributed by atoms with E-state index in [1.165, 1.54) is 0 Å². The number of hydrogen-bond donors (Lipinski definition) is 3. The second-order valence-corrected chi connectivity index (χ2v) is 2.79. The van der Waals surface area contributed by atoms with Crippen LogP contribution in [0.3, 0.4) is 0 Å². The minimum absolute atomic E-state index is 0.630. The zero-order valence-electron chi connectivity index (χ0n) is 7.12. The van der Waals surface area contributed by atoms with Crippen molar-refractivity contribution in [2.24, 2.45) is 5.73 Å². The van der Waals surface area contributed by atoms with Gasteiger partial charge in [0.2, 0.25) is 0 Å². The van der Waals surface area contributed by atoms with E-state index in [2.05, 4.69) is 20.4 Å². The molecule has 0 fully saturated rings. The molecule has 0 aliphatic heterocycles. The summed E-state index contributed by atoms with van der Waals surface area (Å²) >= 11 is 0. The number of nitrogens with one attached hydrogen (secondary N) is 2. The number of nitrogens with zero attached hydrogens (tertiary/aromatic N) is 2. The van der Waals surface area contributed by atoms with Crippen molar-refractivity contribution in [2.75, 3.05) is 6.54 Å². The third kappa shape index (κ3) is 1.59. The van der Waals surface area contributed by atoms with E-state index in [4.69, 9.17) is 5.73 Å². The van der Waals surface area contributed by atoms with Crippen LogP contribution in [-0.2, 0) is 6.42 Å². The number of aromatic amines is 2. The first-order valence-corrected chi connectivity index (χ1v) is 4.14. The average molecular weight is 177 g/mol. The summed E-state index contributed by atoms with van der Waals surface area (Å²) in [6, 6.07) is 3.85. The lowest BCUT2D eigenvalue weighted by atomic mass is 10.2. The first-order chi connectivity index (χ1) is 6.40. The summed E-state index contributed by atoms with van der Waals surface area (Å²) < 4.78 is 0. The Bertz CT molecular complexity index is 362. The molecule has 0 aliphatic rings. The maximum absolute atomic E-state index is 5.42. The van der Waals surface area contributed by atoms with Crippen molar-refractivity contribution < 1.29 is 0 Å². The van der Waals surface area contributed by atoms with Gasteiger partial charge in [-0.25, -0.2) is 0 Å². The predicted octanol–water partition coefficient (Wildman–Crippen LogP) is 0.301. The summed E-state index contributed by atoms with van der Waals surface area (Å²) in [6.07, 6.45) is 2.52. The van der Waals surface area contributed by atoms with Gasteiger partial charge < -0.3 is 5.73 Å². The number of hydrogen-bond acceptors (Lipinski definition) is 3. The van der Waals surface area contributed by atoms with Crippen LogP contribution >= 0.6 is 0 Å². The fourth-order valence-corrected chi connectivity index (χ4v) is 1.18. The monoisotopic (exact) mass is 177 g/mol. The van der Waals surface area contributed by atoms with Gasteiger partial charge in [-0.1, -0.05) is 0 Å². The average Bonchev–Trinajstić information content (AvgIpc) is 2.70. The second-order valence-electron chi connectivity index (χ2n) is 2.79. The summed E-state index contributed by atoms with van der Waals surface area (Å²) in [4.78, 5) is 0.